The molecule has 0 amide bonds. The highest BCUT2D eigenvalue weighted by atomic mass is 32.2. The number of nitrogens with zero attached hydrogens (tertiary/aromatic N) is 4. The maximum Gasteiger partial charge on any atom is 0.142 e. The van der Waals surface area contributed by atoms with Crippen LogP contribution in [0.1, 0.15) is 22.3 Å². The van der Waals surface area contributed by atoms with E-state index in [-0.39, 0.29) is 11.5 Å². The van der Waals surface area contributed by atoms with Gasteiger partial charge in [-0.15, -0.1) is 0 Å². The molecule has 2 aromatic heterocycles. The smallest absolute Gasteiger partial charge is 0.142 e. The van der Waals surface area contributed by atoms with Gasteiger partial charge in [-0.2, -0.15) is 23.5 Å². The number of ether oxygens (including phenoxy) is 3. The third-order valence-corrected chi connectivity index (χ3v) is 10.5. The number of fused-ring (bicyclic) bond motifs is 2. The lowest BCUT2D eigenvalue weighted by atomic mass is 10.0. The fraction of sp³-hybridized carbons (Fsp3) is 0.500. The Morgan fingerprint density at radius 2 is 1.06 bits per heavy atom. The molecule has 1 aliphatic heterocycles. The van der Waals surface area contributed by atoms with E-state index in [1.165, 1.54) is 0 Å². The van der Waals surface area contributed by atoms with Crippen LogP contribution in [0.25, 0.3) is 21.8 Å². The molecular weight excluding hydrogens is 633 g/mol. The average Bonchev–Trinajstić information content (AvgIpc) is 3.08. The van der Waals surface area contributed by atoms with Gasteiger partial charge in [0.1, 0.15) is 22.5 Å². The molecule has 2 N–H and O–H groups in total. The van der Waals surface area contributed by atoms with Gasteiger partial charge in [-0.3, -0.25) is 19.8 Å². The zero-order valence-corrected chi connectivity index (χ0v) is 29.3. The third kappa shape index (κ3) is 10.4. The number of aryl methyl sites for hydroxylation is 2. The molecule has 0 unspecified atom stereocenters. The van der Waals surface area contributed by atoms with Gasteiger partial charge in [0.15, 0.2) is 0 Å². The van der Waals surface area contributed by atoms with E-state index in [9.17, 15) is 10.2 Å². The van der Waals surface area contributed by atoms with Crippen molar-refractivity contribution in [2.45, 2.75) is 26.9 Å². The highest BCUT2D eigenvalue weighted by Crippen LogP contribution is 2.30. The van der Waals surface area contributed by atoms with E-state index in [4.69, 9.17) is 14.2 Å². The number of pyridine rings is 2. The number of aromatic nitrogens is 2. The first-order chi connectivity index (χ1) is 23.0. The van der Waals surface area contributed by atoms with E-state index in [0.717, 1.165) is 109 Å². The van der Waals surface area contributed by atoms with Crippen molar-refractivity contribution in [1.82, 2.24) is 19.8 Å². The van der Waals surface area contributed by atoms with E-state index >= 15 is 0 Å². The highest BCUT2D eigenvalue weighted by molar-refractivity contribution is 7.99. The Hall–Kier alpha value is -2.64. The fourth-order valence-corrected chi connectivity index (χ4v) is 7.50. The maximum absolute atomic E-state index is 10.7. The molecule has 0 aliphatic carbocycles. The monoisotopic (exact) mass is 680 g/mol. The Morgan fingerprint density at radius 1 is 0.617 bits per heavy atom. The van der Waals surface area contributed by atoms with Gasteiger partial charge in [-0.25, -0.2) is 0 Å². The number of phenols is 2. The number of rotatable bonds is 4. The van der Waals surface area contributed by atoms with Gasteiger partial charge >= 0.3 is 0 Å². The first-order valence-corrected chi connectivity index (χ1v) is 18.8. The molecule has 1 fully saturated rings. The second-order valence-corrected chi connectivity index (χ2v) is 14.2. The molecule has 0 saturated carbocycles. The van der Waals surface area contributed by atoms with Gasteiger partial charge in [0.05, 0.1) is 39.6 Å². The molecule has 47 heavy (non-hydrogen) atoms. The second-order valence-electron chi connectivity index (χ2n) is 11.8. The van der Waals surface area contributed by atoms with E-state index < -0.39 is 0 Å². The van der Waals surface area contributed by atoms with Crippen molar-refractivity contribution in [3.8, 4) is 11.5 Å². The number of hydrogen-bond donors (Lipinski definition) is 2. The summed E-state index contributed by atoms with van der Waals surface area (Å²) in [4.78, 5) is 13.5. The number of thioether (sulfide) groups is 2. The van der Waals surface area contributed by atoms with Gasteiger partial charge in [-0.1, -0.05) is 12.1 Å². The lowest BCUT2D eigenvalue weighted by Crippen LogP contribution is -2.31. The summed E-state index contributed by atoms with van der Waals surface area (Å²) in [7, 11) is 0. The van der Waals surface area contributed by atoms with Crippen LogP contribution in [0.3, 0.4) is 0 Å². The minimum atomic E-state index is 0.226. The summed E-state index contributed by atoms with van der Waals surface area (Å²) in [6.45, 7) is 12.9. The molecule has 0 atom stereocenters. The highest BCUT2D eigenvalue weighted by Gasteiger charge is 2.15. The van der Waals surface area contributed by atoms with Crippen LogP contribution in [-0.2, 0) is 27.3 Å². The lowest BCUT2D eigenvalue weighted by molar-refractivity contribution is 0.0308. The number of aromatic hydroxyl groups is 2. The summed E-state index contributed by atoms with van der Waals surface area (Å²) in [5, 5.41) is 23.3. The fourth-order valence-electron chi connectivity index (χ4n) is 5.84. The summed E-state index contributed by atoms with van der Waals surface area (Å²) in [6.07, 6.45) is 3.44. The van der Waals surface area contributed by atoms with Crippen LogP contribution in [0.5, 0.6) is 11.5 Å². The van der Waals surface area contributed by atoms with Crippen molar-refractivity contribution in [3.05, 3.63) is 71.0 Å². The van der Waals surface area contributed by atoms with Crippen LogP contribution in [0.15, 0.2) is 48.8 Å². The molecule has 0 radical (unpaired) electrons. The van der Waals surface area contributed by atoms with Crippen LogP contribution >= 0.6 is 23.5 Å². The number of hydrogen-bond acceptors (Lipinski definition) is 11. The largest absolute Gasteiger partial charge is 0.506 e. The lowest BCUT2D eigenvalue weighted by Gasteiger charge is -2.24. The molecule has 1 aliphatic rings. The molecular formula is C36H48N4O5S2. The summed E-state index contributed by atoms with van der Waals surface area (Å²) < 4.78 is 18.0. The van der Waals surface area contributed by atoms with E-state index in [0.29, 0.717) is 37.5 Å². The zero-order chi connectivity index (χ0) is 32.8. The second kappa shape index (κ2) is 18.8. The van der Waals surface area contributed by atoms with Gasteiger partial charge in [0.2, 0.25) is 0 Å². The summed E-state index contributed by atoms with van der Waals surface area (Å²) in [5.74, 6) is 4.39. The first kappa shape index (κ1) is 35.7. The Bertz CT molecular complexity index is 1460. The molecule has 4 aromatic rings. The first-order valence-electron chi connectivity index (χ1n) is 16.5. The molecule has 0 bridgehead atoms. The minimum Gasteiger partial charge on any atom is -0.506 e. The van der Waals surface area contributed by atoms with Crippen molar-refractivity contribution in [2.24, 2.45) is 0 Å². The molecule has 1 saturated heterocycles. The van der Waals surface area contributed by atoms with Crippen molar-refractivity contribution in [1.29, 1.82) is 0 Å². The number of phenolic OH excluding ortho intramolecular Hbond substituents is 2. The molecule has 2 aromatic carbocycles. The van der Waals surface area contributed by atoms with Crippen molar-refractivity contribution in [3.63, 3.8) is 0 Å². The van der Waals surface area contributed by atoms with Crippen molar-refractivity contribution < 1.29 is 24.4 Å². The van der Waals surface area contributed by atoms with Crippen molar-refractivity contribution >= 4 is 45.3 Å². The third-order valence-electron chi connectivity index (χ3n) is 8.61. The predicted octanol–water partition coefficient (Wildman–Crippen LogP) is 5.65. The summed E-state index contributed by atoms with van der Waals surface area (Å²) >= 11 is 3.82. The van der Waals surface area contributed by atoms with Gasteiger partial charge in [0, 0.05) is 85.4 Å². The Morgan fingerprint density at radius 3 is 1.53 bits per heavy atom. The molecule has 9 nitrogen and oxygen atoms in total. The molecule has 0 spiro atoms. The topological polar surface area (TPSA) is 100 Å². The summed E-state index contributed by atoms with van der Waals surface area (Å²) in [6, 6.07) is 11.6. The standard InChI is InChI=1S/C36H48N4O5S2/c1-27-29(23-33(41)35-31(27)5-3-7-37-35)25-39-9-13-43-15-16-44-14-10-40(12-20-47-22-18-45-17-21-46-19-11-39)26-30-24-34(42)36-32(28(30)2)6-4-8-38-36/h3-8,23-24,41-42H,9-22,25-26H2,1-2H3. The van der Waals surface area contributed by atoms with Crippen LogP contribution in [0, 0.1) is 13.8 Å². The quantitative estimate of drug-likeness (QED) is 0.280. The molecule has 11 heteroatoms. The molecule has 254 valence electrons. The predicted molar refractivity (Wildman–Crippen MR) is 194 cm³/mol. The number of benzene rings is 2. The van der Waals surface area contributed by atoms with Crippen LogP contribution < -0.4 is 0 Å². The summed E-state index contributed by atoms with van der Waals surface area (Å²) in [5.41, 5.74) is 5.82. The minimum absolute atomic E-state index is 0.226. The molecule has 3 heterocycles. The van der Waals surface area contributed by atoms with Crippen LogP contribution in [-0.4, -0.2) is 119 Å². The van der Waals surface area contributed by atoms with E-state index in [2.05, 4.69) is 33.6 Å². The Kier molecular flexibility index (Phi) is 14.3. The Labute approximate surface area is 287 Å². The van der Waals surface area contributed by atoms with E-state index in [1.807, 2.05) is 59.9 Å². The van der Waals surface area contributed by atoms with Gasteiger partial charge in [-0.05, 0) is 60.4 Å². The van der Waals surface area contributed by atoms with Gasteiger partial charge in [0.25, 0.3) is 0 Å². The maximum atomic E-state index is 10.7. The van der Waals surface area contributed by atoms with Gasteiger partial charge < -0.3 is 24.4 Å². The van der Waals surface area contributed by atoms with Crippen LogP contribution in [0.2, 0.25) is 0 Å². The van der Waals surface area contributed by atoms with Crippen molar-refractivity contribution in [2.75, 3.05) is 88.8 Å². The van der Waals surface area contributed by atoms with Crippen LogP contribution in [0.4, 0.5) is 0 Å². The average molecular weight is 681 g/mol. The zero-order valence-electron chi connectivity index (χ0n) is 27.7. The Balaban J connectivity index is 1.16. The SMILES string of the molecule is Cc1c(CN2CCOCCOCCN(Cc3cc(O)c4ncccc4c3C)CCSCCOCCSCC2)cc(O)c2ncccc12. The van der Waals surface area contributed by atoms with E-state index in [1.54, 1.807) is 12.4 Å². The normalized spacial score (nSPS) is 18.3. The molecule has 5 rings (SSSR count).